The number of hydrogen-bond donors (Lipinski definition) is 2. The van der Waals surface area contributed by atoms with Gasteiger partial charge in [0, 0.05) is 15.4 Å². The Hall–Kier alpha value is -1.74. The molecule has 18 heavy (non-hydrogen) atoms. The molecule has 0 radical (unpaired) electrons. The molecule has 0 aromatic heterocycles. The summed E-state index contributed by atoms with van der Waals surface area (Å²) in [7, 11) is 0. The molecular formula is C15H16N2S. The summed E-state index contributed by atoms with van der Waals surface area (Å²) in [5.74, 6) is 0.125. The van der Waals surface area contributed by atoms with E-state index >= 15 is 0 Å². The fourth-order valence-corrected chi connectivity index (χ4v) is 2.85. The molecule has 0 amide bonds. The fraction of sp³-hybridized carbons (Fsp3) is 0.133. The van der Waals surface area contributed by atoms with Crippen LogP contribution in [0.4, 0.5) is 0 Å². The molecule has 0 aliphatic carbocycles. The molecule has 0 unspecified atom stereocenters. The molecule has 3 heteroatoms. The lowest BCUT2D eigenvalue weighted by Gasteiger charge is -2.07. The standard InChI is InChI=1S/C15H16N2S/c1-10-4-3-5-12(8-10)18-13-6-7-14(15(16)17)11(2)9-13/h3-9H,1-2H3,(H3,16,17). The van der Waals surface area contributed by atoms with Gasteiger partial charge >= 0.3 is 0 Å². The van der Waals surface area contributed by atoms with Crippen LogP contribution in [0.5, 0.6) is 0 Å². The van der Waals surface area contributed by atoms with Gasteiger partial charge in [-0.25, -0.2) is 0 Å². The van der Waals surface area contributed by atoms with Crippen LogP contribution in [-0.4, -0.2) is 5.84 Å². The van der Waals surface area contributed by atoms with Crippen molar-refractivity contribution >= 4 is 17.6 Å². The maximum absolute atomic E-state index is 7.47. The Kier molecular flexibility index (Phi) is 3.72. The minimum Gasteiger partial charge on any atom is -0.384 e. The first-order valence-electron chi connectivity index (χ1n) is 5.76. The molecule has 2 nitrogen and oxygen atoms in total. The summed E-state index contributed by atoms with van der Waals surface area (Å²) in [6, 6.07) is 14.4. The van der Waals surface area contributed by atoms with Crippen LogP contribution in [0, 0.1) is 19.3 Å². The summed E-state index contributed by atoms with van der Waals surface area (Å²) < 4.78 is 0. The predicted molar refractivity (Wildman–Crippen MR) is 77.5 cm³/mol. The Bertz CT molecular complexity index is 591. The van der Waals surface area contributed by atoms with Crippen molar-refractivity contribution < 1.29 is 0 Å². The molecule has 0 heterocycles. The molecule has 0 bridgehead atoms. The van der Waals surface area contributed by atoms with E-state index in [4.69, 9.17) is 11.1 Å². The van der Waals surface area contributed by atoms with Gasteiger partial charge in [-0.2, -0.15) is 0 Å². The third-order valence-corrected chi connectivity index (χ3v) is 3.69. The predicted octanol–water partition coefficient (Wildman–Crippen LogP) is 3.74. The van der Waals surface area contributed by atoms with Gasteiger partial charge < -0.3 is 5.73 Å². The second-order valence-corrected chi connectivity index (χ2v) is 5.46. The van der Waals surface area contributed by atoms with Crippen LogP contribution in [0.1, 0.15) is 16.7 Å². The number of hydrogen-bond acceptors (Lipinski definition) is 2. The zero-order valence-electron chi connectivity index (χ0n) is 10.5. The number of nitrogens with one attached hydrogen (secondary N) is 1. The molecular weight excluding hydrogens is 240 g/mol. The first kappa shape index (κ1) is 12.7. The second kappa shape index (κ2) is 5.27. The average molecular weight is 256 g/mol. The van der Waals surface area contributed by atoms with E-state index in [1.807, 2.05) is 19.1 Å². The monoisotopic (exact) mass is 256 g/mol. The number of rotatable bonds is 3. The summed E-state index contributed by atoms with van der Waals surface area (Å²) in [6.45, 7) is 4.07. The SMILES string of the molecule is Cc1cccc(Sc2ccc(C(=N)N)c(C)c2)c1. The summed E-state index contributed by atoms with van der Waals surface area (Å²) in [6.07, 6.45) is 0. The fourth-order valence-electron chi connectivity index (χ4n) is 1.82. The number of aryl methyl sites for hydroxylation is 2. The van der Waals surface area contributed by atoms with Gasteiger partial charge in [-0.15, -0.1) is 0 Å². The first-order valence-corrected chi connectivity index (χ1v) is 6.57. The zero-order chi connectivity index (χ0) is 13.1. The Labute approximate surface area is 112 Å². The molecule has 2 aromatic carbocycles. The minimum atomic E-state index is 0.125. The van der Waals surface area contributed by atoms with Crippen molar-refractivity contribution in [1.29, 1.82) is 5.41 Å². The molecule has 0 aliphatic heterocycles. The van der Waals surface area contributed by atoms with Gasteiger partial charge in [-0.05, 0) is 49.7 Å². The summed E-state index contributed by atoms with van der Waals surface area (Å²) in [5.41, 5.74) is 8.63. The van der Waals surface area contributed by atoms with Crippen molar-refractivity contribution in [2.45, 2.75) is 23.6 Å². The maximum Gasteiger partial charge on any atom is 0.123 e. The van der Waals surface area contributed by atoms with Crippen molar-refractivity contribution in [2.24, 2.45) is 5.73 Å². The van der Waals surface area contributed by atoms with Gasteiger partial charge in [0.05, 0.1) is 0 Å². The molecule has 0 spiro atoms. The molecule has 92 valence electrons. The molecule has 0 saturated heterocycles. The third kappa shape index (κ3) is 2.93. The molecule has 0 aliphatic rings. The molecule has 0 saturated carbocycles. The number of nitrogens with two attached hydrogens (primary N) is 1. The van der Waals surface area contributed by atoms with E-state index in [9.17, 15) is 0 Å². The van der Waals surface area contributed by atoms with Crippen LogP contribution in [0.3, 0.4) is 0 Å². The van der Waals surface area contributed by atoms with E-state index in [0.717, 1.165) is 11.1 Å². The average Bonchev–Trinajstić information content (AvgIpc) is 2.28. The minimum absolute atomic E-state index is 0.125. The highest BCUT2D eigenvalue weighted by Gasteiger charge is 2.04. The van der Waals surface area contributed by atoms with Crippen molar-refractivity contribution in [1.82, 2.24) is 0 Å². The van der Waals surface area contributed by atoms with Crippen LogP contribution < -0.4 is 5.73 Å². The smallest absolute Gasteiger partial charge is 0.123 e. The van der Waals surface area contributed by atoms with Gasteiger partial charge in [0.1, 0.15) is 5.84 Å². The van der Waals surface area contributed by atoms with E-state index < -0.39 is 0 Å². The van der Waals surface area contributed by atoms with Crippen LogP contribution in [0.2, 0.25) is 0 Å². The zero-order valence-corrected chi connectivity index (χ0v) is 11.3. The Morgan fingerprint density at radius 1 is 1.06 bits per heavy atom. The number of amidine groups is 1. The van der Waals surface area contributed by atoms with Gasteiger partial charge in [0.2, 0.25) is 0 Å². The molecule has 0 atom stereocenters. The number of benzene rings is 2. The van der Waals surface area contributed by atoms with E-state index in [0.29, 0.717) is 0 Å². The van der Waals surface area contributed by atoms with E-state index in [2.05, 4.69) is 37.3 Å². The maximum atomic E-state index is 7.47. The Balaban J connectivity index is 2.25. The van der Waals surface area contributed by atoms with E-state index in [1.165, 1.54) is 15.4 Å². The molecule has 2 rings (SSSR count). The van der Waals surface area contributed by atoms with Gasteiger partial charge in [-0.3, -0.25) is 5.41 Å². The second-order valence-electron chi connectivity index (χ2n) is 4.31. The van der Waals surface area contributed by atoms with Gasteiger partial charge in [0.15, 0.2) is 0 Å². The largest absolute Gasteiger partial charge is 0.384 e. The Morgan fingerprint density at radius 2 is 1.78 bits per heavy atom. The van der Waals surface area contributed by atoms with Crippen molar-refractivity contribution in [2.75, 3.05) is 0 Å². The quantitative estimate of drug-likeness (QED) is 0.649. The van der Waals surface area contributed by atoms with Crippen molar-refractivity contribution in [3.63, 3.8) is 0 Å². The number of nitrogen functional groups attached to an aromatic ring is 1. The lowest BCUT2D eigenvalue weighted by Crippen LogP contribution is -2.12. The van der Waals surface area contributed by atoms with Crippen LogP contribution in [0.15, 0.2) is 52.3 Å². The van der Waals surface area contributed by atoms with Crippen LogP contribution >= 0.6 is 11.8 Å². The highest BCUT2D eigenvalue weighted by molar-refractivity contribution is 7.99. The molecule has 3 N–H and O–H groups in total. The lowest BCUT2D eigenvalue weighted by molar-refractivity contribution is 1.30. The highest BCUT2D eigenvalue weighted by Crippen LogP contribution is 2.29. The summed E-state index contributed by atoms with van der Waals surface area (Å²) in [5, 5.41) is 7.47. The third-order valence-electron chi connectivity index (χ3n) is 2.71. The first-order chi connectivity index (χ1) is 8.56. The van der Waals surface area contributed by atoms with Gasteiger partial charge in [-0.1, -0.05) is 29.5 Å². The van der Waals surface area contributed by atoms with Crippen molar-refractivity contribution in [3.05, 3.63) is 59.2 Å². The van der Waals surface area contributed by atoms with E-state index in [-0.39, 0.29) is 5.84 Å². The Morgan fingerprint density at radius 3 is 2.39 bits per heavy atom. The summed E-state index contributed by atoms with van der Waals surface area (Å²) >= 11 is 1.73. The normalized spacial score (nSPS) is 10.3. The molecule has 0 fully saturated rings. The lowest BCUT2D eigenvalue weighted by atomic mass is 10.1. The molecule has 2 aromatic rings. The topological polar surface area (TPSA) is 49.9 Å². The van der Waals surface area contributed by atoms with Gasteiger partial charge in [0.25, 0.3) is 0 Å². The summed E-state index contributed by atoms with van der Waals surface area (Å²) in [4.78, 5) is 2.40. The highest BCUT2D eigenvalue weighted by atomic mass is 32.2. The van der Waals surface area contributed by atoms with Crippen LogP contribution in [0.25, 0.3) is 0 Å². The van der Waals surface area contributed by atoms with Crippen LogP contribution in [-0.2, 0) is 0 Å². The van der Waals surface area contributed by atoms with Crippen molar-refractivity contribution in [3.8, 4) is 0 Å². The van der Waals surface area contributed by atoms with E-state index in [1.54, 1.807) is 11.8 Å².